The molecule has 2 unspecified atom stereocenters. The second kappa shape index (κ2) is 11.1. The van der Waals surface area contributed by atoms with Gasteiger partial charge in [-0.3, -0.25) is 14.3 Å². The van der Waals surface area contributed by atoms with E-state index >= 15 is 0 Å². The number of hydrogen-bond donors (Lipinski definition) is 2. The van der Waals surface area contributed by atoms with Crippen LogP contribution in [0.4, 0.5) is 5.82 Å². The number of fused-ring (bicyclic) bond motifs is 1. The maximum Gasteiger partial charge on any atom is 0.256 e. The van der Waals surface area contributed by atoms with E-state index in [-0.39, 0.29) is 18.6 Å². The van der Waals surface area contributed by atoms with Crippen molar-refractivity contribution in [3.63, 3.8) is 0 Å². The van der Waals surface area contributed by atoms with Gasteiger partial charge < -0.3 is 15.2 Å². The van der Waals surface area contributed by atoms with Gasteiger partial charge in [-0.25, -0.2) is 15.0 Å². The van der Waals surface area contributed by atoms with Gasteiger partial charge in [0, 0.05) is 18.7 Å². The number of rotatable bonds is 7. The van der Waals surface area contributed by atoms with Crippen LogP contribution in [0.25, 0.3) is 11.2 Å². The highest BCUT2D eigenvalue weighted by molar-refractivity contribution is 6.06. The van der Waals surface area contributed by atoms with E-state index in [1.54, 1.807) is 30.6 Å². The Morgan fingerprint density at radius 2 is 1.54 bits per heavy atom. The van der Waals surface area contributed by atoms with Crippen LogP contribution in [0.3, 0.4) is 0 Å². The summed E-state index contributed by atoms with van der Waals surface area (Å²) in [6.45, 7) is 0.969. The molecule has 6 rings (SSSR count). The fourth-order valence-corrected chi connectivity index (χ4v) is 5.12. The minimum Gasteiger partial charge on any atom is -0.394 e. The van der Waals surface area contributed by atoms with Gasteiger partial charge in [0.05, 0.1) is 25.1 Å². The molecule has 0 bridgehead atoms. The van der Waals surface area contributed by atoms with Crippen LogP contribution in [0.15, 0.2) is 104 Å². The monoisotopic (exact) mass is 520 g/mol. The van der Waals surface area contributed by atoms with Crippen LogP contribution >= 0.6 is 0 Å². The topological polar surface area (TPSA) is 105 Å². The highest BCUT2D eigenvalue weighted by Crippen LogP contribution is 2.34. The highest BCUT2D eigenvalue weighted by atomic mass is 16.5. The third-order valence-electron chi connectivity index (χ3n) is 6.91. The third-order valence-corrected chi connectivity index (χ3v) is 6.91. The van der Waals surface area contributed by atoms with E-state index in [0.29, 0.717) is 35.6 Å². The number of amides is 1. The molecule has 3 aromatic carbocycles. The first-order valence-corrected chi connectivity index (χ1v) is 12.9. The van der Waals surface area contributed by atoms with Crippen molar-refractivity contribution in [1.29, 1.82) is 0 Å². The van der Waals surface area contributed by atoms with Gasteiger partial charge in [0.25, 0.3) is 5.91 Å². The molecule has 0 aliphatic carbocycles. The number of aromatic nitrogens is 4. The molecule has 1 saturated heterocycles. The number of carbonyl (C=O) groups excluding carboxylic acids is 1. The predicted molar refractivity (Wildman–Crippen MR) is 147 cm³/mol. The largest absolute Gasteiger partial charge is 0.394 e. The summed E-state index contributed by atoms with van der Waals surface area (Å²) in [6.07, 6.45) is 2.18. The van der Waals surface area contributed by atoms with Crippen LogP contribution in [-0.2, 0) is 4.74 Å². The van der Waals surface area contributed by atoms with Crippen LogP contribution in [0, 0.1) is 0 Å². The quantitative estimate of drug-likeness (QED) is 0.333. The van der Waals surface area contributed by atoms with E-state index < -0.39 is 12.3 Å². The minimum atomic E-state index is -0.469. The maximum absolute atomic E-state index is 12.8. The number of aliphatic hydroxyl groups is 1. The Bertz CT molecular complexity index is 1510. The van der Waals surface area contributed by atoms with E-state index in [9.17, 15) is 9.90 Å². The second-order valence-electron chi connectivity index (χ2n) is 9.44. The number of aliphatic hydroxyl groups excluding tert-OH is 1. The van der Waals surface area contributed by atoms with Crippen molar-refractivity contribution >= 4 is 22.9 Å². The molecule has 5 aromatic rings. The third kappa shape index (κ3) is 5.15. The van der Waals surface area contributed by atoms with Crippen LogP contribution in [-0.4, -0.2) is 61.2 Å². The van der Waals surface area contributed by atoms with Crippen molar-refractivity contribution < 1.29 is 14.6 Å². The number of nitrogens with one attached hydrogen (secondary N) is 1. The first kappa shape index (κ1) is 24.9. The van der Waals surface area contributed by atoms with E-state index in [1.165, 1.54) is 6.33 Å². The number of benzene rings is 3. The van der Waals surface area contributed by atoms with Crippen LogP contribution < -0.4 is 5.32 Å². The molecule has 0 spiro atoms. The lowest BCUT2D eigenvalue weighted by molar-refractivity contribution is -0.139. The molecule has 0 radical (unpaired) electrons. The molecule has 1 fully saturated rings. The van der Waals surface area contributed by atoms with Crippen LogP contribution in [0.2, 0.25) is 0 Å². The summed E-state index contributed by atoms with van der Waals surface area (Å²) in [5.74, 6) is 0.0459. The SMILES string of the molecule is O=C(Nc1ncnc2c1ncn2C1CN(C(c2ccccc2)c2ccccc2)CC(CO)O1)c1ccccc1. The number of nitrogens with zero attached hydrogens (tertiary/aromatic N) is 5. The Morgan fingerprint density at radius 3 is 2.18 bits per heavy atom. The van der Waals surface area contributed by atoms with Gasteiger partial charge >= 0.3 is 0 Å². The van der Waals surface area contributed by atoms with Gasteiger partial charge in [0.1, 0.15) is 12.6 Å². The summed E-state index contributed by atoms with van der Waals surface area (Å²) in [5.41, 5.74) is 3.83. The van der Waals surface area contributed by atoms with Gasteiger partial charge in [0.2, 0.25) is 0 Å². The molecule has 1 amide bonds. The molecule has 2 atom stereocenters. The van der Waals surface area contributed by atoms with Gasteiger partial charge in [-0.2, -0.15) is 0 Å². The standard InChI is InChI=1S/C30H28N6O3/c37-18-24-16-35(27(21-10-4-1-5-11-21)22-12-6-2-7-13-22)17-25(39-24)36-20-33-26-28(31-19-32-29(26)36)34-30(38)23-14-8-3-9-15-23/h1-15,19-20,24-25,27,37H,16-18H2,(H,31,32,34,38). The lowest BCUT2D eigenvalue weighted by Crippen LogP contribution is -2.48. The summed E-state index contributed by atoms with van der Waals surface area (Å²) < 4.78 is 8.16. The zero-order valence-electron chi connectivity index (χ0n) is 21.2. The van der Waals surface area contributed by atoms with E-state index in [4.69, 9.17) is 4.74 Å². The minimum absolute atomic E-state index is 0.0296. The Hall–Kier alpha value is -4.44. The van der Waals surface area contributed by atoms with E-state index in [1.807, 2.05) is 47.0 Å². The van der Waals surface area contributed by atoms with Gasteiger partial charge in [-0.15, -0.1) is 0 Å². The number of morpholine rings is 1. The summed E-state index contributed by atoms with van der Waals surface area (Å²) in [4.78, 5) is 28.4. The fourth-order valence-electron chi connectivity index (χ4n) is 5.12. The average molecular weight is 521 g/mol. The number of hydrogen-bond acceptors (Lipinski definition) is 7. The lowest BCUT2D eigenvalue weighted by atomic mass is 9.96. The Labute approximate surface area is 225 Å². The summed E-state index contributed by atoms with van der Waals surface area (Å²) >= 11 is 0. The fraction of sp³-hybridized carbons (Fsp3) is 0.200. The molecule has 1 aliphatic rings. The molecule has 3 heterocycles. The maximum atomic E-state index is 12.8. The molecule has 9 nitrogen and oxygen atoms in total. The Morgan fingerprint density at radius 1 is 0.897 bits per heavy atom. The van der Waals surface area contributed by atoms with Gasteiger partial charge in [0.15, 0.2) is 17.0 Å². The zero-order valence-corrected chi connectivity index (χ0v) is 21.2. The van der Waals surface area contributed by atoms with Crippen molar-refractivity contribution in [3.8, 4) is 0 Å². The van der Waals surface area contributed by atoms with E-state index in [0.717, 1.165) is 11.1 Å². The molecule has 2 N–H and O–H groups in total. The van der Waals surface area contributed by atoms with Crippen molar-refractivity contribution in [1.82, 2.24) is 24.4 Å². The molecule has 196 valence electrons. The summed E-state index contributed by atoms with van der Waals surface area (Å²) in [5, 5.41) is 13.0. The summed E-state index contributed by atoms with van der Waals surface area (Å²) in [6, 6.07) is 29.6. The highest BCUT2D eigenvalue weighted by Gasteiger charge is 2.35. The first-order valence-electron chi connectivity index (χ1n) is 12.9. The number of imidazole rings is 1. The molecule has 39 heavy (non-hydrogen) atoms. The number of ether oxygens (including phenoxy) is 1. The predicted octanol–water partition coefficient (Wildman–Crippen LogP) is 4.06. The number of carbonyl (C=O) groups is 1. The van der Waals surface area contributed by atoms with Crippen molar-refractivity contribution in [3.05, 3.63) is 120 Å². The van der Waals surface area contributed by atoms with Gasteiger partial charge in [-0.05, 0) is 23.3 Å². The molecule has 9 heteroatoms. The lowest BCUT2D eigenvalue weighted by Gasteiger charge is -2.42. The smallest absolute Gasteiger partial charge is 0.256 e. The normalized spacial score (nSPS) is 17.9. The molecular weight excluding hydrogens is 492 g/mol. The van der Waals surface area contributed by atoms with Crippen LogP contribution in [0.1, 0.15) is 33.8 Å². The summed E-state index contributed by atoms with van der Waals surface area (Å²) in [7, 11) is 0. The molecule has 1 aliphatic heterocycles. The molecule has 2 aromatic heterocycles. The Balaban J connectivity index is 1.33. The van der Waals surface area contributed by atoms with Crippen molar-refractivity contribution in [2.75, 3.05) is 25.0 Å². The second-order valence-corrected chi connectivity index (χ2v) is 9.44. The molecule has 0 saturated carbocycles. The Kier molecular flexibility index (Phi) is 7.09. The van der Waals surface area contributed by atoms with Crippen molar-refractivity contribution in [2.24, 2.45) is 0 Å². The van der Waals surface area contributed by atoms with Crippen LogP contribution in [0.5, 0.6) is 0 Å². The number of anilines is 1. The molecular formula is C30H28N6O3. The zero-order chi connectivity index (χ0) is 26.6. The first-order chi connectivity index (χ1) is 19.2. The van der Waals surface area contributed by atoms with E-state index in [2.05, 4.69) is 49.4 Å². The average Bonchev–Trinajstić information content (AvgIpc) is 3.44. The van der Waals surface area contributed by atoms with Crippen molar-refractivity contribution in [2.45, 2.75) is 18.4 Å². The van der Waals surface area contributed by atoms with Gasteiger partial charge in [-0.1, -0.05) is 78.9 Å².